The third kappa shape index (κ3) is 2.90. The summed E-state index contributed by atoms with van der Waals surface area (Å²) >= 11 is 0. The average Bonchev–Trinajstić information content (AvgIpc) is 2.76. The summed E-state index contributed by atoms with van der Waals surface area (Å²) in [5.74, 6) is 0.0430. The Bertz CT molecular complexity index is 535. The minimum absolute atomic E-state index is 0.0253. The number of carbonyl (C=O) groups excluding carboxylic acids is 1. The van der Waals surface area contributed by atoms with Gasteiger partial charge in [-0.3, -0.25) is 4.79 Å². The Kier molecular flexibility index (Phi) is 4.42. The third-order valence-corrected chi connectivity index (χ3v) is 5.40. The normalized spacial score (nSPS) is 22.1. The van der Waals surface area contributed by atoms with E-state index in [0.717, 1.165) is 32.1 Å². The van der Waals surface area contributed by atoms with Gasteiger partial charge in [0.25, 0.3) is 10.0 Å². The minimum atomic E-state index is -3.63. The number of nitrogens with zero attached hydrogens (tertiary/aromatic N) is 1. The number of aldehydes is 1. The molecule has 19 heavy (non-hydrogen) atoms. The van der Waals surface area contributed by atoms with E-state index in [2.05, 4.69) is 0 Å². The van der Waals surface area contributed by atoms with Gasteiger partial charge in [-0.15, -0.1) is 0 Å². The van der Waals surface area contributed by atoms with Crippen LogP contribution in [-0.4, -0.2) is 31.6 Å². The van der Waals surface area contributed by atoms with Crippen molar-refractivity contribution in [1.29, 1.82) is 0 Å². The first-order valence-electron chi connectivity index (χ1n) is 6.66. The SMILES string of the molecule is CCC1CCCCCN1S(=O)(=O)c1ccc(C=O)o1. The van der Waals surface area contributed by atoms with Crippen LogP contribution in [0.15, 0.2) is 21.6 Å². The van der Waals surface area contributed by atoms with Crippen molar-refractivity contribution in [1.82, 2.24) is 4.31 Å². The van der Waals surface area contributed by atoms with Gasteiger partial charge in [0.15, 0.2) is 12.0 Å². The molecule has 2 heterocycles. The second-order valence-corrected chi connectivity index (χ2v) is 6.62. The lowest BCUT2D eigenvalue weighted by Crippen LogP contribution is -2.39. The van der Waals surface area contributed by atoms with Crippen LogP contribution in [0.4, 0.5) is 0 Å². The summed E-state index contributed by atoms with van der Waals surface area (Å²) < 4.78 is 31.7. The molecule has 106 valence electrons. The van der Waals surface area contributed by atoms with Crippen LogP contribution >= 0.6 is 0 Å². The molecular formula is C13H19NO4S. The first kappa shape index (κ1) is 14.3. The van der Waals surface area contributed by atoms with E-state index in [1.54, 1.807) is 0 Å². The molecule has 1 fully saturated rings. The van der Waals surface area contributed by atoms with Crippen LogP contribution in [0.3, 0.4) is 0 Å². The Morgan fingerprint density at radius 2 is 2.16 bits per heavy atom. The fourth-order valence-corrected chi connectivity index (χ4v) is 4.22. The number of rotatable bonds is 4. The molecule has 1 aromatic rings. The van der Waals surface area contributed by atoms with Gasteiger partial charge in [-0.2, -0.15) is 4.31 Å². The Hall–Kier alpha value is -1.14. The van der Waals surface area contributed by atoms with Crippen molar-refractivity contribution >= 4 is 16.3 Å². The molecular weight excluding hydrogens is 266 g/mol. The summed E-state index contributed by atoms with van der Waals surface area (Å²) in [4.78, 5) is 10.6. The topological polar surface area (TPSA) is 67.6 Å². The summed E-state index contributed by atoms with van der Waals surface area (Å²) in [5.41, 5.74) is 0. The lowest BCUT2D eigenvalue weighted by molar-refractivity contribution is 0.109. The Labute approximate surface area is 113 Å². The zero-order valence-corrected chi connectivity index (χ0v) is 11.9. The first-order chi connectivity index (χ1) is 9.09. The molecule has 1 aromatic heterocycles. The van der Waals surface area contributed by atoms with Crippen molar-refractivity contribution in [2.45, 2.75) is 50.2 Å². The van der Waals surface area contributed by atoms with E-state index in [1.807, 2.05) is 6.92 Å². The molecule has 1 atom stereocenters. The second-order valence-electron chi connectivity index (χ2n) is 4.80. The van der Waals surface area contributed by atoms with Gasteiger partial charge in [0.05, 0.1) is 0 Å². The molecule has 6 heteroatoms. The highest BCUT2D eigenvalue weighted by Gasteiger charge is 2.33. The predicted octanol–water partition coefficient (Wildman–Crippen LogP) is 2.44. The van der Waals surface area contributed by atoms with Crippen molar-refractivity contribution in [3.8, 4) is 0 Å². The van der Waals surface area contributed by atoms with Crippen LogP contribution in [0, 0.1) is 0 Å². The standard InChI is InChI=1S/C13H19NO4S/c1-2-11-6-4-3-5-9-14(11)19(16,17)13-8-7-12(10-15)18-13/h7-8,10-11H,2-6,9H2,1H3. The summed E-state index contributed by atoms with van der Waals surface area (Å²) in [7, 11) is -3.63. The molecule has 0 amide bonds. The molecule has 0 aromatic carbocycles. The van der Waals surface area contributed by atoms with Crippen LogP contribution in [0.2, 0.25) is 0 Å². The number of sulfonamides is 1. The molecule has 1 saturated heterocycles. The maximum atomic E-state index is 12.6. The van der Waals surface area contributed by atoms with Gasteiger partial charge in [0.1, 0.15) is 0 Å². The molecule has 0 N–H and O–H groups in total. The summed E-state index contributed by atoms with van der Waals surface area (Å²) in [6.07, 6.45) is 5.18. The molecule has 0 bridgehead atoms. The molecule has 1 unspecified atom stereocenters. The van der Waals surface area contributed by atoms with Crippen molar-refractivity contribution in [3.63, 3.8) is 0 Å². The number of hydrogen-bond donors (Lipinski definition) is 0. The molecule has 0 saturated carbocycles. The van der Waals surface area contributed by atoms with Gasteiger partial charge in [-0.1, -0.05) is 19.8 Å². The number of carbonyl (C=O) groups is 1. The smallest absolute Gasteiger partial charge is 0.276 e. The third-order valence-electron chi connectivity index (χ3n) is 3.58. The van der Waals surface area contributed by atoms with Gasteiger partial charge in [0, 0.05) is 12.6 Å². The lowest BCUT2D eigenvalue weighted by atomic mass is 10.1. The molecule has 2 rings (SSSR count). The van der Waals surface area contributed by atoms with E-state index >= 15 is 0 Å². The van der Waals surface area contributed by atoms with Gasteiger partial charge < -0.3 is 4.42 Å². The Balaban J connectivity index is 2.32. The highest BCUT2D eigenvalue weighted by atomic mass is 32.2. The van der Waals surface area contributed by atoms with E-state index in [9.17, 15) is 13.2 Å². The van der Waals surface area contributed by atoms with Gasteiger partial charge in [0.2, 0.25) is 5.09 Å². The lowest BCUT2D eigenvalue weighted by Gasteiger charge is -2.27. The number of hydrogen-bond acceptors (Lipinski definition) is 4. The maximum absolute atomic E-state index is 12.6. The molecule has 0 aliphatic carbocycles. The fourth-order valence-electron chi connectivity index (χ4n) is 2.53. The zero-order valence-electron chi connectivity index (χ0n) is 11.0. The largest absolute Gasteiger partial charge is 0.440 e. The monoisotopic (exact) mass is 285 g/mol. The second kappa shape index (κ2) is 5.88. The molecule has 0 radical (unpaired) electrons. The summed E-state index contributed by atoms with van der Waals surface area (Å²) in [5, 5.41) is -0.130. The van der Waals surface area contributed by atoms with Gasteiger partial charge in [-0.05, 0) is 31.4 Å². The van der Waals surface area contributed by atoms with Gasteiger partial charge >= 0.3 is 0 Å². The molecule has 0 spiro atoms. The van der Waals surface area contributed by atoms with Crippen LogP contribution in [0.1, 0.15) is 49.6 Å². The number of furan rings is 1. The predicted molar refractivity (Wildman–Crippen MR) is 70.5 cm³/mol. The maximum Gasteiger partial charge on any atom is 0.276 e. The van der Waals surface area contributed by atoms with Crippen LogP contribution in [-0.2, 0) is 10.0 Å². The molecule has 5 nitrogen and oxygen atoms in total. The van der Waals surface area contributed by atoms with Crippen LogP contribution in [0.25, 0.3) is 0 Å². The summed E-state index contributed by atoms with van der Waals surface area (Å²) in [6.45, 7) is 2.52. The fraction of sp³-hybridized carbons (Fsp3) is 0.615. The molecule has 1 aliphatic heterocycles. The minimum Gasteiger partial charge on any atom is -0.440 e. The van der Waals surface area contributed by atoms with E-state index in [1.165, 1.54) is 16.4 Å². The van der Waals surface area contributed by atoms with Crippen molar-refractivity contribution in [2.75, 3.05) is 6.54 Å². The van der Waals surface area contributed by atoms with Gasteiger partial charge in [-0.25, -0.2) is 8.42 Å². The highest BCUT2D eigenvalue weighted by Crippen LogP contribution is 2.27. The van der Waals surface area contributed by atoms with E-state index in [-0.39, 0.29) is 16.9 Å². The first-order valence-corrected chi connectivity index (χ1v) is 8.10. The summed E-state index contributed by atoms with van der Waals surface area (Å²) in [6, 6.07) is 2.77. The molecule has 1 aliphatic rings. The highest BCUT2D eigenvalue weighted by molar-refractivity contribution is 7.89. The Morgan fingerprint density at radius 3 is 2.79 bits per heavy atom. The van der Waals surface area contributed by atoms with Crippen molar-refractivity contribution in [2.24, 2.45) is 0 Å². The quantitative estimate of drug-likeness (QED) is 0.797. The zero-order chi connectivity index (χ0) is 13.9. The van der Waals surface area contributed by atoms with E-state index < -0.39 is 10.0 Å². The van der Waals surface area contributed by atoms with E-state index in [0.29, 0.717) is 12.8 Å². The van der Waals surface area contributed by atoms with Crippen LogP contribution in [0.5, 0.6) is 0 Å². The Morgan fingerprint density at radius 1 is 1.37 bits per heavy atom. The van der Waals surface area contributed by atoms with Crippen molar-refractivity contribution in [3.05, 3.63) is 17.9 Å². The average molecular weight is 285 g/mol. The van der Waals surface area contributed by atoms with Crippen LogP contribution < -0.4 is 0 Å². The van der Waals surface area contributed by atoms with E-state index in [4.69, 9.17) is 4.42 Å². The van der Waals surface area contributed by atoms with Crippen molar-refractivity contribution < 1.29 is 17.6 Å².